The van der Waals surface area contributed by atoms with Gasteiger partial charge in [-0.1, -0.05) is 11.6 Å². The summed E-state index contributed by atoms with van der Waals surface area (Å²) in [6.07, 6.45) is 0. The Labute approximate surface area is 80.0 Å². The molecule has 3 N–H and O–H groups in total. The van der Waals surface area contributed by atoms with Crippen LogP contribution in [0.25, 0.3) is 0 Å². The summed E-state index contributed by atoms with van der Waals surface area (Å²) in [4.78, 5) is 0. The Morgan fingerprint density at radius 2 is 1.85 bits per heavy atom. The number of phenols is 3. The number of benzene rings is 1. The molecule has 1 aromatic rings. The van der Waals surface area contributed by atoms with Crippen LogP contribution in [0.3, 0.4) is 0 Å². The highest BCUT2D eigenvalue weighted by Gasteiger charge is 2.10. The molecule has 72 valence electrons. The molecule has 1 rings (SSSR count). The van der Waals surface area contributed by atoms with Crippen molar-refractivity contribution in [3.05, 3.63) is 17.7 Å². The summed E-state index contributed by atoms with van der Waals surface area (Å²) in [5.41, 5.74) is 0.371. The van der Waals surface area contributed by atoms with Crippen LogP contribution in [0.4, 0.5) is 0 Å². The van der Waals surface area contributed by atoms with Gasteiger partial charge in [0.05, 0.1) is 6.61 Å². The first-order chi connectivity index (χ1) is 6.16. The Kier molecular flexibility index (Phi) is 3.22. The van der Waals surface area contributed by atoms with Gasteiger partial charge < -0.3 is 20.1 Å². The zero-order valence-corrected chi connectivity index (χ0v) is 7.45. The van der Waals surface area contributed by atoms with Gasteiger partial charge in [-0.15, -0.1) is 0 Å². The number of alkyl halides is 1. The molecule has 0 aromatic heterocycles. The molecule has 13 heavy (non-hydrogen) atoms. The first-order valence-electron chi connectivity index (χ1n) is 3.53. The van der Waals surface area contributed by atoms with Crippen LogP contribution in [0.2, 0.25) is 0 Å². The monoisotopic (exact) mass is 204 g/mol. The fourth-order valence-corrected chi connectivity index (χ4v) is 0.953. The van der Waals surface area contributed by atoms with Crippen LogP contribution >= 0.6 is 11.6 Å². The smallest absolute Gasteiger partial charge is 0.200 e. The van der Waals surface area contributed by atoms with E-state index in [4.69, 9.17) is 26.6 Å². The van der Waals surface area contributed by atoms with Gasteiger partial charge in [0.25, 0.3) is 0 Å². The average Bonchev–Trinajstić information content (AvgIpc) is 2.13. The predicted octanol–water partition coefficient (Wildman–Crippen LogP) is 1.52. The van der Waals surface area contributed by atoms with Gasteiger partial charge in [0.1, 0.15) is 6.07 Å². The van der Waals surface area contributed by atoms with Crippen LogP contribution in [0.15, 0.2) is 12.1 Å². The maximum atomic E-state index is 9.27. The fourth-order valence-electron chi connectivity index (χ4n) is 0.876. The van der Waals surface area contributed by atoms with Crippen molar-refractivity contribution in [2.75, 3.05) is 6.07 Å². The molecule has 0 unspecified atom stereocenters. The average molecular weight is 205 g/mol. The quantitative estimate of drug-likeness (QED) is 0.516. The molecule has 0 fully saturated rings. The summed E-state index contributed by atoms with van der Waals surface area (Å²) >= 11 is 5.26. The lowest BCUT2D eigenvalue weighted by Crippen LogP contribution is -1.90. The Bertz CT molecular complexity index is 300. The third-order valence-corrected chi connectivity index (χ3v) is 1.70. The molecule has 0 amide bonds. The van der Waals surface area contributed by atoms with Crippen LogP contribution in [-0.2, 0) is 11.3 Å². The highest BCUT2D eigenvalue weighted by molar-refractivity contribution is 6.17. The molecule has 0 heterocycles. The molecule has 0 aliphatic carbocycles. The van der Waals surface area contributed by atoms with E-state index in [0.29, 0.717) is 5.56 Å². The van der Waals surface area contributed by atoms with E-state index < -0.39 is 5.75 Å². The molecule has 0 atom stereocenters. The second-order valence-electron chi connectivity index (χ2n) is 2.40. The predicted molar refractivity (Wildman–Crippen MR) is 46.9 cm³/mol. The summed E-state index contributed by atoms with van der Waals surface area (Å²) < 4.78 is 4.81. The standard InChI is InChI=1S/C8H9ClO4/c9-4-13-3-5-1-2-6(10)8(12)7(5)11/h1-2,10-12H,3-4H2. The van der Waals surface area contributed by atoms with Crippen molar-refractivity contribution in [2.45, 2.75) is 6.61 Å². The number of rotatable bonds is 3. The number of hydrogen-bond acceptors (Lipinski definition) is 4. The number of ether oxygens (including phenoxy) is 1. The van der Waals surface area contributed by atoms with Gasteiger partial charge in [-0.25, -0.2) is 0 Å². The van der Waals surface area contributed by atoms with Crippen LogP contribution in [0, 0.1) is 0 Å². The van der Waals surface area contributed by atoms with Gasteiger partial charge >= 0.3 is 0 Å². The summed E-state index contributed by atoms with van der Waals surface area (Å²) in [5.74, 6) is -1.30. The van der Waals surface area contributed by atoms with Crippen molar-refractivity contribution in [3.8, 4) is 17.2 Å². The van der Waals surface area contributed by atoms with E-state index >= 15 is 0 Å². The Morgan fingerprint density at radius 1 is 1.15 bits per heavy atom. The van der Waals surface area contributed by atoms with E-state index in [1.165, 1.54) is 12.1 Å². The van der Waals surface area contributed by atoms with Crippen molar-refractivity contribution in [3.63, 3.8) is 0 Å². The lowest BCUT2D eigenvalue weighted by atomic mass is 10.2. The molecule has 5 heteroatoms. The summed E-state index contributed by atoms with van der Waals surface area (Å²) in [6, 6.07) is 2.71. The molecule has 0 aliphatic heterocycles. The minimum absolute atomic E-state index is 0.00107. The minimum atomic E-state index is -0.546. The largest absolute Gasteiger partial charge is 0.504 e. The molecular weight excluding hydrogens is 196 g/mol. The van der Waals surface area contributed by atoms with E-state index in [9.17, 15) is 5.11 Å². The number of hydrogen-bond donors (Lipinski definition) is 3. The molecule has 4 nitrogen and oxygen atoms in total. The first-order valence-corrected chi connectivity index (χ1v) is 4.06. The zero-order valence-electron chi connectivity index (χ0n) is 6.70. The topological polar surface area (TPSA) is 69.9 Å². The molecule has 0 aliphatic rings. The molecule has 0 bridgehead atoms. The number of halogens is 1. The van der Waals surface area contributed by atoms with Crippen molar-refractivity contribution in [2.24, 2.45) is 0 Å². The second-order valence-corrected chi connectivity index (χ2v) is 2.62. The highest BCUT2D eigenvalue weighted by Crippen LogP contribution is 2.37. The third kappa shape index (κ3) is 2.17. The van der Waals surface area contributed by atoms with Gasteiger partial charge in [-0.3, -0.25) is 0 Å². The molecule has 0 saturated heterocycles. The van der Waals surface area contributed by atoms with Crippen molar-refractivity contribution in [1.82, 2.24) is 0 Å². The van der Waals surface area contributed by atoms with Crippen LogP contribution in [0.1, 0.15) is 5.56 Å². The van der Waals surface area contributed by atoms with Gasteiger partial charge in [-0.05, 0) is 12.1 Å². The lowest BCUT2D eigenvalue weighted by molar-refractivity contribution is 0.162. The number of aromatic hydroxyl groups is 3. The third-order valence-electron chi connectivity index (χ3n) is 1.55. The molecule has 1 aromatic carbocycles. The summed E-state index contributed by atoms with van der Waals surface area (Å²) in [7, 11) is 0. The van der Waals surface area contributed by atoms with E-state index in [2.05, 4.69) is 0 Å². The van der Waals surface area contributed by atoms with Gasteiger partial charge in [0.2, 0.25) is 5.75 Å². The number of phenolic OH excluding ortho intramolecular Hbond substituents is 3. The van der Waals surface area contributed by atoms with Crippen molar-refractivity contribution < 1.29 is 20.1 Å². The SMILES string of the molecule is Oc1ccc(COCCl)c(O)c1O. The van der Waals surface area contributed by atoms with E-state index in [1.807, 2.05) is 0 Å². The summed E-state index contributed by atoms with van der Waals surface area (Å²) in [5, 5.41) is 27.3. The van der Waals surface area contributed by atoms with Gasteiger partial charge in [0, 0.05) is 5.56 Å². The Morgan fingerprint density at radius 3 is 2.46 bits per heavy atom. The van der Waals surface area contributed by atoms with Crippen LogP contribution in [-0.4, -0.2) is 21.4 Å². The fraction of sp³-hybridized carbons (Fsp3) is 0.250. The van der Waals surface area contributed by atoms with Gasteiger partial charge in [-0.2, -0.15) is 0 Å². The molecule has 0 radical (unpaired) electrons. The van der Waals surface area contributed by atoms with Crippen molar-refractivity contribution >= 4 is 11.6 Å². The second kappa shape index (κ2) is 4.20. The zero-order chi connectivity index (χ0) is 9.84. The van der Waals surface area contributed by atoms with E-state index in [-0.39, 0.29) is 24.2 Å². The van der Waals surface area contributed by atoms with Gasteiger partial charge in [0.15, 0.2) is 11.5 Å². The van der Waals surface area contributed by atoms with E-state index in [0.717, 1.165) is 0 Å². The van der Waals surface area contributed by atoms with Crippen molar-refractivity contribution in [1.29, 1.82) is 0 Å². The lowest BCUT2D eigenvalue weighted by Gasteiger charge is -2.06. The summed E-state index contributed by atoms with van der Waals surface area (Å²) in [6.45, 7) is 0.0865. The van der Waals surface area contributed by atoms with Crippen LogP contribution in [0.5, 0.6) is 17.2 Å². The normalized spacial score (nSPS) is 10.2. The first kappa shape index (κ1) is 9.95. The van der Waals surface area contributed by atoms with E-state index in [1.54, 1.807) is 0 Å². The Balaban J connectivity index is 2.90. The molecule has 0 spiro atoms. The maximum Gasteiger partial charge on any atom is 0.200 e. The van der Waals surface area contributed by atoms with Crippen LogP contribution < -0.4 is 0 Å². The molecule has 0 saturated carbocycles. The maximum absolute atomic E-state index is 9.27. The molecular formula is C8H9ClO4. The highest BCUT2D eigenvalue weighted by atomic mass is 35.5. The minimum Gasteiger partial charge on any atom is -0.504 e. The Hall–Kier alpha value is -1.13.